The second kappa shape index (κ2) is 6.42. The number of piperidine rings is 1. The zero-order valence-corrected chi connectivity index (χ0v) is 12.8. The van der Waals surface area contributed by atoms with E-state index in [0.717, 1.165) is 24.7 Å². The molecule has 19 heavy (non-hydrogen) atoms. The zero-order valence-electron chi connectivity index (χ0n) is 11.2. The molecule has 1 saturated heterocycles. The molecule has 104 valence electrons. The quantitative estimate of drug-likeness (QED) is 0.903. The molecule has 0 bridgehead atoms. The van der Waals surface area contributed by atoms with Gasteiger partial charge in [-0.25, -0.2) is 4.79 Å². The van der Waals surface area contributed by atoms with E-state index in [1.54, 1.807) is 6.07 Å². The van der Waals surface area contributed by atoms with E-state index in [1.165, 1.54) is 25.7 Å². The lowest BCUT2D eigenvalue weighted by molar-refractivity contribution is 0.0696. The number of carboxylic acids is 1. The minimum Gasteiger partial charge on any atom is -0.478 e. The molecule has 1 heterocycles. The summed E-state index contributed by atoms with van der Waals surface area (Å²) >= 11 is 3.34. The Labute approximate surface area is 122 Å². The minimum absolute atomic E-state index is 0.386. The predicted octanol–water partition coefficient (Wildman–Crippen LogP) is 4.16. The van der Waals surface area contributed by atoms with Gasteiger partial charge < -0.3 is 10.0 Å². The highest BCUT2D eigenvalue weighted by atomic mass is 79.9. The molecule has 1 aromatic carbocycles. The van der Waals surface area contributed by atoms with Gasteiger partial charge in [-0.3, -0.25) is 0 Å². The van der Waals surface area contributed by atoms with Gasteiger partial charge in [0, 0.05) is 17.6 Å². The third-order valence-electron chi connectivity index (χ3n) is 3.86. The molecule has 0 radical (unpaired) electrons. The van der Waals surface area contributed by atoms with Gasteiger partial charge in [0.2, 0.25) is 0 Å². The molecule has 0 aliphatic carbocycles. The Morgan fingerprint density at radius 3 is 2.68 bits per heavy atom. The van der Waals surface area contributed by atoms with Gasteiger partial charge in [0.05, 0.1) is 11.3 Å². The number of anilines is 1. The van der Waals surface area contributed by atoms with Crippen molar-refractivity contribution in [3.8, 4) is 0 Å². The van der Waals surface area contributed by atoms with Crippen LogP contribution in [0.25, 0.3) is 0 Å². The maximum Gasteiger partial charge on any atom is 0.338 e. The first-order valence-electron chi connectivity index (χ1n) is 6.90. The largest absolute Gasteiger partial charge is 0.478 e. The van der Waals surface area contributed by atoms with Crippen LogP contribution < -0.4 is 4.90 Å². The first-order chi connectivity index (χ1) is 9.13. The molecule has 1 aliphatic rings. The van der Waals surface area contributed by atoms with Crippen molar-refractivity contribution < 1.29 is 9.90 Å². The fourth-order valence-corrected chi connectivity index (χ4v) is 3.38. The first kappa shape index (κ1) is 14.4. The van der Waals surface area contributed by atoms with E-state index >= 15 is 0 Å². The van der Waals surface area contributed by atoms with E-state index in [9.17, 15) is 9.90 Å². The normalized spacial score (nSPS) is 16.6. The number of carboxylic acid groups (broad SMARTS) is 1. The van der Waals surface area contributed by atoms with E-state index in [0.29, 0.717) is 10.0 Å². The highest BCUT2D eigenvalue weighted by Gasteiger charge is 2.23. The molecule has 0 saturated carbocycles. The van der Waals surface area contributed by atoms with Crippen molar-refractivity contribution in [2.75, 3.05) is 18.0 Å². The van der Waals surface area contributed by atoms with E-state index in [-0.39, 0.29) is 0 Å². The van der Waals surface area contributed by atoms with Crippen molar-refractivity contribution in [1.29, 1.82) is 0 Å². The van der Waals surface area contributed by atoms with Gasteiger partial charge in [-0.15, -0.1) is 0 Å². The van der Waals surface area contributed by atoms with Crippen LogP contribution in [0.15, 0.2) is 22.7 Å². The predicted molar refractivity (Wildman–Crippen MR) is 80.9 cm³/mol. The molecule has 0 amide bonds. The fraction of sp³-hybridized carbons (Fsp3) is 0.533. The van der Waals surface area contributed by atoms with E-state index < -0.39 is 5.97 Å². The van der Waals surface area contributed by atoms with Gasteiger partial charge in [0.1, 0.15) is 0 Å². The third kappa shape index (κ3) is 3.30. The molecule has 1 N–H and O–H groups in total. The van der Waals surface area contributed by atoms with Crippen LogP contribution in [0.5, 0.6) is 0 Å². The number of carbonyl (C=O) groups is 1. The molecule has 4 heteroatoms. The molecule has 0 unspecified atom stereocenters. The summed E-state index contributed by atoms with van der Waals surface area (Å²) in [5, 5.41) is 9.36. The Hall–Kier alpha value is -1.03. The fourth-order valence-electron chi connectivity index (χ4n) is 2.86. The number of hydrogen-bond acceptors (Lipinski definition) is 2. The maximum absolute atomic E-state index is 11.4. The van der Waals surface area contributed by atoms with Crippen LogP contribution in [0.1, 0.15) is 43.0 Å². The topological polar surface area (TPSA) is 40.5 Å². The van der Waals surface area contributed by atoms with Crippen molar-refractivity contribution >= 4 is 27.6 Å². The monoisotopic (exact) mass is 325 g/mol. The van der Waals surface area contributed by atoms with Gasteiger partial charge >= 0.3 is 5.97 Å². The number of rotatable bonds is 4. The van der Waals surface area contributed by atoms with E-state index in [2.05, 4.69) is 27.8 Å². The van der Waals surface area contributed by atoms with Gasteiger partial charge in [0.15, 0.2) is 0 Å². The third-order valence-corrected chi connectivity index (χ3v) is 4.52. The zero-order chi connectivity index (χ0) is 13.8. The summed E-state index contributed by atoms with van der Waals surface area (Å²) < 4.78 is 0.660. The van der Waals surface area contributed by atoms with Gasteiger partial charge in [-0.2, -0.15) is 0 Å². The van der Waals surface area contributed by atoms with Crippen LogP contribution in [-0.4, -0.2) is 24.2 Å². The van der Waals surface area contributed by atoms with Crippen molar-refractivity contribution in [3.63, 3.8) is 0 Å². The van der Waals surface area contributed by atoms with Crippen molar-refractivity contribution in [1.82, 2.24) is 0 Å². The van der Waals surface area contributed by atoms with E-state index in [4.69, 9.17) is 0 Å². The summed E-state index contributed by atoms with van der Waals surface area (Å²) in [7, 11) is 0. The summed E-state index contributed by atoms with van der Waals surface area (Å²) in [6, 6.07) is 5.61. The van der Waals surface area contributed by atoms with Crippen molar-refractivity contribution in [2.24, 2.45) is 5.92 Å². The van der Waals surface area contributed by atoms with E-state index in [1.807, 2.05) is 12.1 Å². The van der Waals surface area contributed by atoms with Crippen LogP contribution in [0.2, 0.25) is 0 Å². The van der Waals surface area contributed by atoms with Crippen LogP contribution in [0.4, 0.5) is 5.69 Å². The summed E-state index contributed by atoms with van der Waals surface area (Å²) in [4.78, 5) is 13.6. The molecule has 1 fully saturated rings. The lowest BCUT2D eigenvalue weighted by atomic mass is 9.92. The van der Waals surface area contributed by atoms with Crippen molar-refractivity contribution in [2.45, 2.75) is 32.6 Å². The number of hydrogen-bond donors (Lipinski definition) is 1. The molecular weight excluding hydrogens is 306 g/mol. The summed E-state index contributed by atoms with van der Waals surface area (Å²) in [5.74, 6) is -0.0557. The van der Waals surface area contributed by atoms with Crippen molar-refractivity contribution in [3.05, 3.63) is 28.2 Å². The van der Waals surface area contributed by atoms with Crippen LogP contribution in [0.3, 0.4) is 0 Å². The first-order valence-corrected chi connectivity index (χ1v) is 7.69. The van der Waals surface area contributed by atoms with Gasteiger partial charge in [-0.05, 0) is 46.8 Å². The smallest absolute Gasteiger partial charge is 0.338 e. The second-order valence-corrected chi connectivity index (χ2v) is 6.01. The Morgan fingerprint density at radius 1 is 1.42 bits per heavy atom. The SMILES string of the molecule is CCCC1CCN(c2cccc(Br)c2C(=O)O)CC1. The van der Waals surface area contributed by atoms with Crippen LogP contribution in [-0.2, 0) is 0 Å². The standard InChI is InChI=1S/C15H20BrNO2/c1-2-4-11-7-9-17(10-8-11)13-6-3-5-12(16)14(13)15(18)19/h3,5-6,11H,2,4,7-10H2,1H3,(H,18,19). The average molecular weight is 326 g/mol. The molecule has 1 aromatic rings. The molecule has 0 spiro atoms. The number of benzene rings is 1. The summed E-state index contributed by atoms with van der Waals surface area (Å²) in [6.45, 7) is 4.14. The summed E-state index contributed by atoms with van der Waals surface area (Å²) in [6.07, 6.45) is 4.86. The van der Waals surface area contributed by atoms with Crippen LogP contribution in [0, 0.1) is 5.92 Å². The molecule has 0 atom stereocenters. The Balaban J connectivity index is 2.15. The van der Waals surface area contributed by atoms with Gasteiger partial charge in [0.25, 0.3) is 0 Å². The highest BCUT2D eigenvalue weighted by Crippen LogP contribution is 2.31. The molecular formula is C15H20BrNO2. The highest BCUT2D eigenvalue weighted by molar-refractivity contribution is 9.10. The Bertz CT molecular complexity index is 453. The maximum atomic E-state index is 11.4. The number of halogens is 1. The Kier molecular flexibility index (Phi) is 4.86. The summed E-state index contributed by atoms with van der Waals surface area (Å²) in [5.41, 5.74) is 1.23. The average Bonchev–Trinajstić information content (AvgIpc) is 2.39. The molecule has 3 nitrogen and oxygen atoms in total. The number of nitrogens with zero attached hydrogens (tertiary/aromatic N) is 1. The molecule has 1 aliphatic heterocycles. The second-order valence-electron chi connectivity index (χ2n) is 5.16. The molecule has 2 rings (SSSR count). The van der Waals surface area contributed by atoms with Gasteiger partial charge in [-0.1, -0.05) is 25.8 Å². The lowest BCUT2D eigenvalue weighted by Crippen LogP contribution is -2.34. The van der Waals surface area contributed by atoms with Crippen LogP contribution >= 0.6 is 15.9 Å². The Morgan fingerprint density at radius 2 is 2.11 bits per heavy atom. The molecule has 0 aromatic heterocycles. The minimum atomic E-state index is -0.863. The number of aromatic carboxylic acids is 1. The lowest BCUT2D eigenvalue weighted by Gasteiger charge is -2.34.